The first-order valence-electron chi connectivity index (χ1n) is 16.8. The molecule has 0 spiro atoms. The molecule has 0 amide bonds. The number of halogens is 4. The summed E-state index contributed by atoms with van der Waals surface area (Å²) in [4.78, 5) is 27.5. The highest BCUT2D eigenvalue weighted by atomic mass is 35.5. The van der Waals surface area contributed by atoms with E-state index in [1.54, 1.807) is 12.1 Å². The van der Waals surface area contributed by atoms with E-state index in [1.807, 2.05) is 4.90 Å². The van der Waals surface area contributed by atoms with Crippen LogP contribution in [0.3, 0.4) is 0 Å². The molecule has 3 aliphatic heterocycles. The molecule has 5 heterocycles. The van der Waals surface area contributed by atoms with Crippen LogP contribution in [0.1, 0.15) is 68.7 Å². The average Bonchev–Trinajstić information content (AvgIpc) is 3.79. The minimum absolute atomic E-state index is 0.331. The molecule has 7 rings (SSSR count). The third-order valence-corrected chi connectivity index (χ3v) is 11.9. The van der Waals surface area contributed by atoms with E-state index in [0.29, 0.717) is 76.7 Å². The van der Waals surface area contributed by atoms with Crippen LogP contribution in [-0.2, 0) is 11.0 Å². The molecule has 258 valence electrons. The Bertz CT molecular complexity index is 1630. The number of carboxylic acids is 1. The quantitative estimate of drug-likeness (QED) is 0.211. The molecule has 0 radical (unpaired) electrons. The van der Waals surface area contributed by atoms with Crippen molar-refractivity contribution in [3.63, 3.8) is 0 Å². The number of thiazole rings is 1. The Hall–Kier alpha value is -3.13. The number of carboxylic acid groups (broad SMARTS) is 1. The molecule has 1 saturated carbocycles. The number of aliphatic carboxylic acids is 1. The third kappa shape index (κ3) is 6.83. The number of carbonyl (C=O) groups is 1. The summed E-state index contributed by atoms with van der Waals surface area (Å²) in [5.74, 6) is -0.159. The zero-order valence-corrected chi connectivity index (χ0v) is 28.1. The molecule has 4 aliphatic rings. The Morgan fingerprint density at radius 1 is 1.02 bits per heavy atom. The summed E-state index contributed by atoms with van der Waals surface area (Å²) >= 11 is 7.93. The van der Waals surface area contributed by atoms with Crippen LogP contribution in [0.5, 0.6) is 0 Å². The maximum absolute atomic E-state index is 13.7. The monoisotopic (exact) mass is 704 g/mol. The predicted octanol–water partition coefficient (Wildman–Crippen LogP) is 7.12. The van der Waals surface area contributed by atoms with E-state index in [0.717, 1.165) is 43.2 Å². The van der Waals surface area contributed by atoms with Crippen molar-refractivity contribution in [3.05, 3.63) is 52.7 Å². The number of benzene rings is 1. The number of nitrogens with one attached hydrogen (secondary N) is 1. The van der Waals surface area contributed by atoms with Crippen LogP contribution in [0.2, 0.25) is 5.02 Å². The Morgan fingerprint density at radius 3 is 2.50 bits per heavy atom. The van der Waals surface area contributed by atoms with Crippen molar-refractivity contribution in [3.8, 4) is 11.3 Å². The molecule has 3 saturated heterocycles. The van der Waals surface area contributed by atoms with Crippen molar-refractivity contribution >= 4 is 44.9 Å². The largest absolute Gasteiger partial charge is 0.481 e. The first-order valence-corrected chi connectivity index (χ1v) is 18.0. The fourth-order valence-electron chi connectivity index (χ4n) is 8.01. The number of alkyl halides is 3. The normalized spacial score (nSPS) is 23.4. The maximum Gasteiger partial charge on any atom is 0.416 e. The molecule has 3 aromatic rings. The van der Waals surface area contributed by atoms with E-state index >= 15 is 0 Å². The van der Waals surface area contributed by atoms with Gasteiger partial charge in [-0.2, -0.15) is 13.2 Å². The van der Waals surface area contributed by atoms with Crippen LogP contribution >= 0.6 is 22.9 Å². The number of fused-ring (bicyclic) bond motifs is 1. The van der Waals surface area contributed by atoms with Gasteiger partial charge in [-0.3, -0.25) is 9.69 Å². The van der Waals surface area contributed by atoms with E-state index in [-0.39, 0.29) is 5.92 Å². The fraction of sp³-hybridized carbons (Fsp3) is 0.559. The van der Waals surface area contributed by atoms with Gasteiger partial charge < -0.3 is 25.3 Å². The van der Waals surface area contributed by atoms with Gasteiger partial charge in [0, 0.05) is 55.6 Å². The second-order valence-corrected chi connectivity index (χ2v) is 14.9. The van der Waals surface area contributed by atoms with Gasteiger partial charge >= 0.3 is 12.1 Å². The maximum atomic E-state index is 13.7. The summed E-state index contributed by atoms with van der Waals surface area (Å²) in [6.45, 7) is 3.74. The van der Waals surface area contributed by atoms with Crippen LogP contribution in [0.4, 0.5) is 29.1 Å². The van der Waals surface area contributed by atoms with Gasteiger partial charge in [-0.15, -0.1) is 0 Å². The molecule has 1 aliphatic carbocycles. The lowest BCUT2D eigenvalue weighted by atomic mass is 9.93. The van der Waals surface area contributed by atoms with E-state index < -0.39 is 23.9 Å². The molecule has 2 aromatic heterocycles. The molecule has 48 heavy (non-hydrogen) atoms. The second-order valence-electron chi connectivity index (χ2n) is 13.5. The lowest BCUT2D eigenvalue weighted by molar-refractivity contribution is -0.142. The Kier molecular flexibility index (Phi) is 9.49. The summed E-state index contributed by atoms with van der Waals surface area (Å²) in [5, 5.41) is 25.0. The van der Waals surface area contributed by atoms with Crippen molar-refractivity contribution in [1.82, 2.24) is 14.9 Å². The summed E-state index contributed by atoms with van der Waals surface area (Å²) in [6.07, 6.45) is 4.21. The van der Waals surface area contributed by atoms with Gasteiger partial charge in [-0.25, -0.2) is 9.97 Å². The van der Waals surface area contributed by atoms with Gasteiger partial charge in [0.2, 0.25) is 0 Å². The number of rotatable bonds is 8. The van der Waals surface area contributed by atoms with Crippen molar-refractivity contribution in [2.75, 3.05) is 47.8 Å². The molecule has 4 fully saturated rings. The number of anilines is 3. The van der Waals surface area contributed by atoms with E-state index in [1.165, 1.54) is 55.7 Å². The molecule has 3 atom stereocenters. The molecule has 14 heteroatoms. The summed E-state index contributed by atoms with van der Waals surface area (Å²) in [5.41, 5.74) is 0.505. The molecular formula is C34H40ClF3N6O3S. The van der Waals surface area contributed by atoms with Gasteiger partial charge in [0.1, 0.15) is 16.5 Å². The number of nitrogens with zero attached hydrogens (tertiary/aromatic N) is 5. The molecule has 3 unspecified atom stereocenters. The highest BCUT2D eigenvalue weighted by molar-refractivity contribution is 7.20. The number of aliphatic hydroxyl groups is 1. The van der Waals surface area contributed by atoms with E-state index in [4.69, 9.17) is 16.6 Å². The van der Waals surface area contributed by atoms with Gasteiger partial charge in [-0.05, 0) is 62.8 Å². The first-order chi connectivity index (χ1) is 23.0. The second kappa shape index (κ2) is 13.6. The predicted molar refractivity (Wildman–Crippen MR) is 181 cm³/mol. The summed E-state index contributed by atoms with van der Waals surface area (Å²) < 4.78 is 41.2. The van der Waals surface area contributed by atoms with Crippen LogP contribution in [0, 0.1) is 11.8 Å². The van der Waals surface area contributed by atoms with Gasteiger partial charge in [0.15, 0.2) is 11.4 Å². The number of likely N-dealkylation sites (tertiary alicyclic amines) is 1. The van der Waals surface area contributed by atoms with Gasteiger partial charge in [-0.1, -0.05) is 54.3 Å². The van der Waals surface area contributed by atoms with Crippen LogP contribution in [0.15, 0.2) is 36.5 Å². The molecule has 3 N–H and O–H groups in total. The Labute approximate surface area is 286 Å². The van der Waals surface area contributed by atoms with Gasteiger partial charge in [0.25, 0.3) is 0 Å². The fourth-order valence-corrected chi connectivity index (χ4v) is 9.33. The zero-order chi connectivity index (χ0) is 33.6. The Balaban J connectivity index is 1.12. The van der Waals surface area contributed by atoms with Crippen molar-refractivity contribution in [1.29, 1.82) is 0 Å². The van der Waals surface area contributed by atoms with E-state index in [9.17, 15) is 28.2 Å². The smallest absolute Gasteiger partial charge is 0.416 e. The molecular weight excluding hydrogens is 665 g/mol. The number of pyridine rings is 1. The third-order valence-electron chi connectivity index (χ3n) is 10.6. The Morgan fingerprint density at radius 2 is 1.79 bits per heavy atom. The summed E-state index contributed by atoms with van der Waals surface area (Å²) in [7, 11) is 0. The standard InChI is InChI=1S/C34H40ClF3N6O3S/c35-26-16-23(17-39-29(26)42-12-9-20(10-13-42)32(46)47)30(45)41-33-40-28(21-5-4-6-24(15-21)34(36,37)38)31(48-33)43-18-22-11-14-44(27(22)19-43)25-7-2-1-3-8-25/h4-6,15-17,20,22,25,27,30,45H,1-3,7-14,18-19H2,(H,40,41)(H,46,47). The highest BCUT2D eigenvalue weighted by Gasteiger charge is 2.45. The minimum atomic E-state index is -4.49. The van der Waals surface area contributed by atoms with Crippen molar-refractivity contribution < 1.29 is 28.2 Å². The zero-order valence-electron chi connectivity index (χ0n) is 26.5. The topological polar surface area (TPSA) is 105 Å². The van der Waals surface area contributed by atoms with Crippen molar-refractivity contribution in [2.24, 2.45) is 11.8 Å². The highest BCUT2D eigenvalue weighted by Crippen LogP contribution is 2.46. The van der Waals surface area contributed by atoms with Crippen molar-refractivity contribution in [2.45, 2.75) is 75.9 Å². The number of aliphatic hydroxyl groups excluding tert-OH is 1. The molecule has 1 aromatic carbocycles. The number of hydrogen-bond acceptors (Lipinski definition) is 9. The van der Waals surface area contributed by atoms with Crippen LogP contribution < -0.4 is 15.1 Å². The molecule has 0 bridgehead atoms. The average molecular weight is 705 g/mol. The summed E-state index contributed by atoms with van der Waals surface area (Å²) in [6, 6.07) is 7.91. The number of aromatic nitrogens is 2. The number of hydrogen-bond donors (Lipinski definition) is 3. The lowest BCUT2D eigenvalue weighted by Gasteiger charge is -2.35. The van der Waals surface area contributed by atoms with E-state index in [2.05, 4.69) is 20.1 Å². The first kappa shape index (κ1) is 33.4. The minimum Gasteiger partial charge on any atom is -0.481 e. The van der Waals surface area contributed by atoms with Gasteiger partial charge in [0.05, 0.1) is 16.5 Å². The lowest BCUT2D eigenvalue weighted by Crippen LogP contribution is -2.43. The van der Waals surface area contributed by atoms with Crippen LogP contribution in [0.25, 0.3) is 11.3 Å². The SMILES string of the molecule is O=C(O)C1CCN(c2ncc(C(O)Nc3nc(-c4cccc(C(F)(F)F)c4)c(N4CC5CCN(C6CCCCC6)C5C4)s3)cc2Cl)CC1. The number of piperidine rings is 1. The van der Waals surface area contributed by atoms with Crippen LogP contribution in [-0.4, -0.2) is 75.9 Å². The molecule has 9 nitrogen and oxygen atoms in total.